The van der Waals surface area contributed by atoms with Gasteiger partial charge in [0.1, 0.15) is 6.61 Å². The molecule has 0 rings (SSSR count). The van der Waals surface area contributed by atoms with E-state index in [1.54, 1.807) is 0 Å². The van der Waals surface area contributed by atoms with Gasteiger partial charge >= 0.3 is 5.97 Å². The van der Waals surface area contributed by atoms with Gasteiger partial charge in [-0.25, -0.2) is 0 Å². The zero-order valence-electron chi connectivity index (χ0n) is 13.6. The smallest absolute Gasteiger partial charge is 0.305 e. The molecule has 0 aromatic carbocycles. The van der Waals surface area contributed by atoms with E-state index in [9.17, 15) is 4.79 Å². The highest BCUT2D eigenvalue weighted by molar-refractivity contribution is 5.69. The second-order valence-electron chi connectivity index (χ2n) is 5.38. The Kier molecular flexibility index (Phi) is 15.2. The van der Waals surface area contributed by atoms with Crippen molar-refractivity contribution in [1.82, 2.24) is 4.90 Å². The number of nitrogens with zero attached hydrogens (tertiary/aromatic N) is 1. The maximum atomic E-state index is 11.5. The van der Waals surface area contributed by atoms with Gasteiger partial charge in [0.25, 0.3) is 0 Å². The van der Waals surface area contributed by atoms with E-state index in [-0.39, 0.29) is 19.2 Å². The molecule has 21 heavy (non-hydrogen) atoms. The fourth-order valence-corrected chi connectivity index (χ4v) is 2.21. The highest BCUT2D eigenvalue weighted by atomic mass is 16.5. The van der Waals surface area contributed by atoms with Crippen LogP contribution in [0.3, 0.4) is 0 Å². The lowest BCUT2D eigenvalue weighted by molar-refractivity contribution is -0.144. The van der Waals surface area contributed by atoms with E-state index < -0.39 is 0 Å². The summed E-state index contributed by atoms with van der Waals surface area (Å²) in [7, 11) is 0. The average molecular weight is 303 g/mol. The number of hydrogen-bond acceptors (Lipinski definition) is 5. The van der Waals surface area contributed by atoms with Crippen molar-refractivity contribution in [1.29, 1.82) is 0 Å². The Morgan fingerprint density at radius 2 is 1.48 bits per heavy atom. The maximum absolute atomic E-state index is 11.5. The van der Waals surface area contributed by atoms with Crippen LogP contribution in [0.1, 0.15) is 58.3 Å². The summed E-state index contributed by atoms with van der Waals surface area (Å²) >= 11 is 0. The molecule has 0 fully saturated rings. The molecule has 0 saturated heterocycles. The Hall–Kier alpha value is -0.650. The number of aliphatic hydroxyl groups excluding tert-OH is 2. The first-order chi connectivity index (χ1) is 10.2. The Morgan fingerprint density at radius 1 is 0.905 bits per heavy atom. The monoisotopic (exact) mass is 303 g/mol. The van der Waals surface area contributed by atoms with E-state index in [4.69, 9.17) is 14.9 Å². The minimum absolute atomic E-state index is 0.0476. The van der Waals surface area contributed by atoms with Gasteiger partial charge in [0.2, 0.25) is 0 Å². The molecule has 0 aliphatic heterocycles. The summed E-state index contributed by atoms with van der Waals surface area (Å²) in [5.74, 6) is -0.142. The van der Waals surface area contributed by atoms with Gasteiger partial charge in [-0.1, -0.05) is 45.4 Å². The van der Waals surface area contributed by atoms with E-state index in [0.29, 0.717) is 32.7 Å². The van der Waals surface area contributed by atoms with Crippen molar-refractivity contribution in [2.75, 3.05) is 39.5 Å². The van der Waals surface area contributed by atoms with Crippen LogP contribution in [0.4, 0.5) is 0 Å². The predicted octanol–water partition coefficient (Wildman–Crippen LogP) is 1.96. The van der Waals surface area contributed by atoms with Crippen LogP contribution < -0.4 is 0 Å². The molecule has 0 unspecified atom stereocenters. The molecule has 0 aromatic rings. The molecule has 0 amide bonds. The maximum Gasteiger partial charge on any atom is 0.305 e. The lowest BCUT2D eigenvalue weighted by Gasteiger charge is -2.19. The normalized spacial score (nSPS) is 11.0. The molecular formula is C16H33NO4. The van der Waals surface area contributed by atoms with Crippen molar-refractivity contribution in [2.24, 2.45) is 0 Å². The Morgan fingerprint density at radius 3 is 2.05 bits per heavy atom. The van der Waals surface area contributed by atoms with Crippen LogP contribution in [0.5, 0.6) is 0 Å². The first-order valence-electron chi connectivity index (χ1n) is 8.34. The second kappa shape index (κ2) is 15.7. The van der Waals surface area contributed by atoms with Crippen molar-refractivity contribution in [3.63, 3.8) is 0 Å². The minimum Gasteiger partial charge on any atom is -0.464 e. The van der Waals surface area contributed by atoms with Gasteiger partial charge in [-0.05, 0) is 6.42 Å². The molecule has 0 heterocycles. The molecule has 5 nitrogen and oxygen atoms in total. The summed E-state index contributed by atoms with van der Waals surface area (Å²) in [5, 5.41) is 17.7. The molecule has 0 aromatic heterocycles. The van der Waals surface area contributed by atoms with Gasteiger partial charge in [0.05, 0.1) is 13.2 Å². The Bertz CT molecular complexity index is 230. The van der Waals surface area contributed by atoms with Crippen molar-refractivity contribution < 1.29 is 19.7 Å². The zero-order chi connectivity index (χ0) is 15.8. The fourth-order valence-electron chi connectivity index (χ4n) is 2.21. The third kappa shape index (κ3) is 14.1. The second-order valence-corrected chi connectivity index (χ2v) is 5.38. The summed E-state index contributed by atoms with van der Waals surface area (Å²) in [6, 6.07) is 0. The minimum atomic E-state index is -0.142. The van der Waals surface area contributed by atoms with Gasteiger partial charge < -0.3 is 14.9 Å². The van der Waals surface area contributed by atoms with Gasteiger partial charge in [0, 0.05) is 26.1 Å². The average Bonchev–Trinajstić information content (AvgIpc) is 2.47. The molecule has 0 aliphatic carbocycles. The molecule has 0 aliphatic rings. The number of carbonyl (C=O) groups excluding carboxylic acids is 1. The number of carbonyl (C=O) groups is 1. The third-order valence-electron chi connectivity index (χ3n) is 3.49. The van der Waals surface area contributed by atoms with Crippen molar-refractivity contribution >= 4 is 5.97 Å². The molecule has 2 N–H and O–H groups in total. The molecular weight excluding hydrogens is 270 g/mol. The van der Waals surface area contributed by atoms with E-state index >= 15 is 0 Å². The topological polar surface area (TPSA) is 70.0 Å². The molecule has 0 radical (unpaired) electrons. The van der Waals surface area contributed by atoms with Gasteiger partial charge in [-0.3, -0.25) is 9.69 Å². The van der Waals surface area contributed by atoms with Crippen LogP contribution in [-0.2, 0) is 9.53 Å². The molecule has 0 spiro atoms. The molecule has 0 saturated carbocycles. The van der Waals surface area contributed by atoms with Crippen LogP contribution in [0.2, 0.25) is 0 Å². The van der Waals surface area contributed by atoms with Gasteiger partial charge in [-0.2, -0.15) is 0 Å². The highest BCUT2D eigenvalue weighted by Crippen LogP contribution is 2.08. The van der Waals surface area contributed by atoms with E-state index in [1.165, 1.54) is 32.1 Å². The predicted molar refractivity (Wildman–Crippen MR) is 84.2 cm³/mol. The van der Waals surface area contributed by atoms with Crippen LogP contribution in [0.25, 0.3) is 0 Å². The number of hydrogen-bond donors (Lipinski definition) is 2. The largest absolute Gasteiger partial charge is 0.464 e. The van der Waals surface area contributed by atoms with Crippen molar-refractivity contribution in [3.8, 4) is 0 Å². The molecule has 5 heteroatoms. The number of rotatable bonds is 15. The van der Waals surface area contributed by atoms with Crippen LogP contribution in [0, 0.1) is 0 Å². The lowest BCUT2D eigenvalue weighted by atomic mass is 10.1. The number of aliphatic hydroxyl groups is 2. The molecule has 0 bridgehead atoms. The first kappa shape index (κ1) is 20.3. The van der Waals surface area contributed by atoms with Crippen molar-refractivity contribution in [3.05, 3.63) is 0 Å². The van der Waals surface area contributed by atoms with Crippen LogP contribution in [0.15, 0.2) is 0 Å². The molecule has 0 atom stereocenters. The van der Waals surface area contributed by atoms with Crippen LogP contribution >= 0.6 is 0 Å². The fraction of sp³-hybridized carbons (Fsp3) is 0.938. The SMILES string of the molecule is CCCCCCCCCC(=O)OCCN(CCO)CCO. The van der Waals surface area contributed by atoms with Gasteiger partial charge in [0.15, 0.2) is 0 Å². The van der Waals surface area contributed by atoms with Crippen molar-refractivity contribution in [2.45, 2.75) is 58.3 Å². The first-order valence-corrected chi connectivity index (χ1v) is 8.34. The number of unbranched alkanes of at least 4 members (excludes halogenated alkanes) is 6. The zero-order valence-corrected chi connectivity index (χ0v) is 13.6. The Labute approximate surface area is 129 Å². The molecule has 126 valence electrons. The summed E-state index contributed by atoms with van der Waals surface area (Å²) in [6.45, 7) is 4.18. The number of ether oxygens (including phenoxy) is 1. The highest BCUT2D eigenvalue weighted by Gasteiger charge is 2.06. The summed E-state index contributed by atoms with van der Waals surface area (Å²) in [6.07, 6.45) is 8.83. The van der Waals surface area contributed by atoms with Crippen LogP contribution in [-0.4, -0.2) is 60.5 Å². The third-order valence-corrected chi connectivity index (χ3v) is 3.49. The summed E-state index contributed by atoms with van der Waals surface area (Å²) < 4.78 is 5.17. The lowest BCUT2D eigenvalue weighted by Crippen LogP contribution is -2.33. The Balaban J connectivity index is 3.44. The van der Waals surface area contributed by atoms with E-state index in [1.807, 2.05) is 4.90 Å². The summed E-state index contributed by atoms with van der Waals surface area (Å²) in [5.41, 5.74) is 0. The summed E-state index contributed by atoms with van der Waals surface area (Å²) in [4.78, 5) is 13.4. The van der Waals surface area contributed by atoms with E-state index in [2.05, 4.69) is 6.92 Å². The standard InChI is InChI=1S/C16H33NO4/c1-2-3-4-5-6-7-8-9-16(20)21-15-12-17(10-13-18)11-14-19/h18-19H,2-15H2,1H3. The van der Waals surface area contributed by atoms with Gasteiger partial charge in [-0.15, -0.1) is 0 Å². The number of esters is 1. The quantitative estimate of drug-likeness (QED) is 0.357. The van der Waals surface area contributed by atoms with E-state index in [0.717, 1.165) is 12.8 Å².